The molecule has 0 spiro atoms. The fraction of sp³-hybridized carbons (Fsp3) is 0.295. The maximum absolute atomic E-state index is 11.3. The van der Waals surface area contributed by atoms with E-state index in [0.29, 0.717) is 53.7 Å². The second kappa shape index (κ2) is 39.4. The smallest absolute Gasteiger partial charge is 1.00 e. The van der Waals surface area contributed by atoms with Gasteiger partial charge in [0.1, 0.15) is 0 Å². The van der Waals surface area contributed by atoms with Crippen LogP contribution in [0.25, 0.3) is 6.08 Å². The van der Waals surface area contributed by atoms with Crippen molar-refractivity contribution in [1.82, 2.24) is 0 Å². The molecule has 0 fully saturated rings. The Morgan fingerprint density at radius 1 is 0.567 bits per heavy atom. The largest absolute Gasteiger partial charge is 1.00 e. The third kappa shape index (κ3) is 24.7. The SMILES string of the molecule is CCOC.CO/C=C/c1ccccc1C(=O)OC.COC(=O)c1ccccc1C=O.COCCc1ccccc1C(=O)O.COCCc1ccccc1C(=O)OC.[Br-].[HH].[Li+].[OH-]. The summed E-state index contributed by atoms with van der Waals surface area (Å²) in [6.07, 6.45) is 5.22. The van der Waals surface area contributed by atoms with Crippen molar-refractivity contribution in [3.63, 3.8) is 0 Å². The average Bonchev–Trinajstić information content (AvgIpc) is 3.26. The van der Waals surface area contributed by atoms with Crippen molar-refractivity contribution in [1.29, 1.82) is 0 Å². The van der Waals surface area contributed by atoms with Crippen LogP contribution in [0.15, 0.2) is 103 Å². The summed E-state index contributed by atoms with van der Waals surface area (Å²) in [6.45, 7) is 3.93. The molecule has 14 nitrogen and oxygen atoms in total. The molecular weight excluding hydrogens is 839 g/mol. The van der Waals surface area contributed by atoms with Gasteiger partial charge in [-0.3, -0.25) is 4.79 Å². The van der Waals surface area contributed by atoms with E-state index in [1.165, 1.54) is 27.6 Å². The Kier molecular flexibility index (Phi) is 40.4. The molecule has 0 saturated heterocycles. The first kappa shape index (κ1) is 61.5. The van der Waals surface area contributed by atoms with Crippen LogP contribution in [0.3, 0.4) is 0 Å². The molecule has 0 bridgehead atoms. The summed E-state index contributed by atoms with van der Waals surface area (Å²) in [5.41, 5.74) is 4.72. The molecule has 0 radical (unpaired) electrons. The van der Waals surface area contributed by atoms with E-state index >= 15 is 0 Å². The van der Waals surface area contributed by atoms with Crippen LogP contribution < -0.4 is 35.8 Å². The number of carbonyl (C=O) groups is 5. The first-order valence-corrected chi connectivity index (χ1v) is 17.5. The molecule has 4 aromatic rings. The van der Waals surface area contributed by atoms with Crippen molar-refractivity contribution in [2.24, 2.45) is 0 Å². The number of aromatic carboxylic acids is 1. The number of ether oxygens (including phenoxy) is 7. The summed E-state index contributed by atoms with van der Waals surface area (Å²) in [5, 5.41) is 8.82. The van der Waals surface area contributed by atoms with Gasteiger partial charge in [-0.1, -0.05) is 72.8 Å². The number of benzene rings is 4. The van der Waals surface area contributed by atoms with E-state index < -0.39 is 11.9 Å². The second-order valence-electron chi connectivity index (χ2n) is 11.0. The molecule has 0 atom stereocenters. The molecule has 16 heteroatoms. The molecule has 0 saturated carbocycles. The van der Waals surface area contributed by atoms with E-state index in [0.717, 1.165) is 29.7 Å². The zero-order valence-corrected chi connectivity index (χ0v) is 37.3. The predicted octanol–water partition coefficient (Wildman–Crippen LogP) is 1.34. The van der Waals surface area contributed by atoms with Crippen molar-refractivity contribution in [3.05, 3.63) is 148 Å². The van der Waals surface area contributed by atoms with Gasteiger partial charge >= 0.3 is 42.7 Å². The minimum atomic E-state index is -0.883. The van der Waals surface area contributed by atoms with Gasteiger partial charge in [-0.05, 0) is 66.8 Å². The normalized spacial score (nSPS) is 9.13. The minimum absolute atomic E-state index is 0. The van der Waals surface area contributed by atoms with Gasteiger partial charge in [-0.2, -0.15) is 0 Å². The van der Waals surface area contributed by atoms with E-state index in [-0.39, 0.29) is 54.7 Å². The number of methoxy groups -OCH3 is 7. The molecule has 60 heavy (non-hydrogen) atoms. The Morgan fingerprint density at radius 3 is 1.30 bits per heavy atom. The first-order chi connectivity index (χ1) is 27.5. The summed E-state index contributed by atoms with van der Waals surface area (Å²) in [4.78, 5) is 54.8. The van der Waals surface area contributed by atoms with Gasteiger partial charge in [0.2, 0.25) is 0 Å². The third-order valence-electron chi connectivity index (χ3n) is 7.35. The van der Waals surface area contributed by atoms with E-state index in [9.17, 15) is 24.0 Å². The molecule has 0 aliphatic heterocycles. The standard InChI is InChI=1S/C11H14O3.C11H12O3.C10H12O3.C9H8O3.C3H8O.BrH.Li.H2O.H2/c2*1-13-8-7-9-5-3-4-6-10(9)11(12)14-2;1-13-7-6-8-4-2-3-5-9(8)10(11)12;1-12-9(11)8-5-3-2-4-7(8)6-10;1-3-4-2;;;;/h3-6H,7-8H2,1-2H3;3-8H,1-2H3;2-5H,6-7H2,1H3,(H,11,12);2-6H,1H3;3H2,1-2H3;1H;;1H2;1H/q;;;;;;+1;;/p-2/b;8-7+;;;;;;;. The zero-order valence-electron chi connectivity index (χ0n) is 35.7. The number of carboxylic acid groups (broad SMARTS) is 1. The molecule has 2 N–H and O–H groups in total. The molecule has 0 aliphatic rings. The quantitative estimate of drug-likeness (QED) is 0.0625. The van der Waals surface area contributed by atoms with E-state index in [1.54, 1.807) is 89.1 Å². The van der Waals surface area contributed by atoms with Crippen LogP contribution in [0.2, 0.25) is 0 Å². The molecule has 4 aromatic carbocycles. The number of aldehydes is 1. The van der Waals surface area contributed by atoms with Crippen LogP contribution in [-0.4, -0.2) is 110 Å². The molecule has 0 aromatic heterocycles. The fourth-order valence-corrected chi connectivity index (χ4v) is 4.39. The molecule has 0 heterocycles. The molecule has 0 amide bonds. The first-order valence-electron chi connectivity index (χ1n) is 17.5. The summed E-state index contributed by atoms with van der Waals surface area (Å²) in [7, 11) is 10.5. The molecule has 0 aliphatic carbocycles. The van der Waals surface area contributed by atoms with Crippen molar-refractivity contribution < 1.29 is 105 Å². The number of esters is 3. The topological polar surface area (TPSA) is 200 Å². The van der Waals surface area contributed by atoms with Crippen molar-refractivity contribution in [3.8, 4) is 0 Å². The van der Waals surface area contributed by atoms with Crippen LogP contribution in [0, 0.1) is 0 Å². The molecular formula is C44H57BrLiO14-. The minimum Gasteiger partial charge on any atom is -1.00 e. The number of hydrogen-bond donors (Lipinski definition) is 1. The Bertz CT molecular complexity index is 1820. The maximum Gasteiger partial charge on any atom is 1.00 e. The van der Waals surface area contributed by atoms with Gasteiger partial charge in [0, 0.05) is 34.9 Å². The summed E-state index contributed by atoms with van der Waals surface area (Å²) < 4.78 is 33.0. The monoisotopic (exact) mass is 895 g/mol. The van der Waals surface area contributed by atoms with Crippen LogP contribution in [0.1, 0.15) is 76.8 Å². The summed E-state index contributed by atoms with van der Waals surface area (Å²) >= 11 is 0. The van der Waals surface area contributed by atoms with Crippen LogP contribution in [-0.2, 0) is 46.0 Å². The Hall–Kier alpha value is -5.11. The van der Waals surface area contributed by atoms with Crippen LogP contribution in [0.5, 0.6) is 0 Å². The Morgan fingerprint density at radius 2 is 0.917 bits per heavy atom. The third-order valence-corrected chi connectivity index (χ3v) is 7.35. The zero-order chi connectivity index (χ0) is 42.8. The summed E-state index contributed by atoms with van der Waals surface area (Å²) in [5.74, 6) is -2.01. The van der Waals surface area contributed by atoms with E-state index in [4.69, 9.17) is 19.3 Å². The van der Waals surface area contributed by atoms with Gasteiger partial charge < -0.3 is 60.7 Å². The maximum atomic E-state index is 11.3. The summed E-state index contributed by atoms with van der Waals surface area (Å²) in [6, 6.07) is 28.0. The fourth-order valence-electron chi connectivity index (χ4n) is 4.39. The Balaban J connectivity index is -0.000000217. The van der Waals surface area contributed by atoms with Crippen molar-refractivity contribution in [2.45, 2.75) is 19.8 Å². The predicted molar refractivity (Wildman–Crippen MR) is 221 cm³/mol. The van der Waals surface area contributed by atoms with E-state index in [2.05, 4.69) is 18.9 Å². The molecule has 0 unspecified atom stereocenters. The van der Waals surface area contributed by atoms with Gasteiger partial charge in [0.25, 0.3) is 0 Å². The second-order valence-corrected chi connectivity index (χ2v) is 11.0. The van der Waals surface area contributed by atoms with Crippen LogP contribution >= 0.6 is 0 Å². The number of hydrogen-bond acceptors (Lipinski definition) is 13. The number of halogens is 1. The van der Waals surface area contributed by atoms with Gasteiger partial charge in [-0.25, -0.2) is 19.2 Å². The number of rotatable bonds is 14. The van der Waals surface area contributed by atoms with Gasteiger partial charge in [0.05, 0.1) is 70.2 Å². The Labute approximate surface area is 376 Å². The van der Waals surface area contributed by atoms with Crippen LogP contribution in [0.4, 0.5) is 0 Å². The average molecular weight is 897 g/mol. The molecule has 4 rings (SSSR count). The number of carbonyl (C=O) groups excluding carboxylic acids is 4. The van der Waals surface area contributed by atoms with Gasteiger partial charge in [0.15, 0.2) is 6.29 Å². The number of carboxylic acids is 1. The molecule has 326 valence electrons. The van der Waals surface area contributed by atoms with E-state index in [1.807, 2.05) is 49.4 Å². The van der Waals surface area contributed by atoms with Crippen molar-refractivity contribution >= 4 is 36.2 Å². The van der Waals surface area contributed by atoms with Crippen molar-refractivity contribution in [2.75, 3.05) is 69.6 Å². The van der Waals surface area contributed by atoms with Gasteiger partial charge in [-0.15, -0.1) is 0 Å².